The first-order chi connectivity index (χ1) is 9.11. The van der Waals surface area contributed by atoms with Crippen molar-refractivity contribution in [3.8, 4) is 0 Å². The van der Waals surface area contributed by atoms with Gasteiger partial charge in [-0.05, 0) is 18.2 Å². The molecule has 19 heavy (non-hydrogen) atoms. The molecule has 2 rings (SSSR count). The molecule has 0 aliphatic carbocycles. The van der Waals surface area contributed by atoms with Crippen molar-refractivity contribution in [3.63, 3.8) is 0 Å². The highest BCUT2D eigenvalue weighted by atomic mass is 79.9. The van der Waals surface area contributed by atoms with Gasteiger partial charge in [-0.1, -0.05) is 22.0 Å². The lowest BCUT2D eigenvalue weighted by molar-refractivity contribution is -0.121. The number of hydrogen-bond acceptors (Lipinski definition) is 3. The Balaban J connectivity index is 2.33. The highest BCUT2D eigenvalue weighted by molar-refractivity contribution is 9.10. The molecule has 0 spiro atoms. The first-order valence-corrected chi connectivity index (χ1v) is 6.43. The minimum Gasteiger partial charge on any atom is -0.351 e. The fourth-order valence-corrected chi connectivity index (χ4v) is 1.99. The Labute approximate surface area is 118 Å². The Morgan fingerprint density at radius 3 is 3.05 bits per heavy atom. The van der Waals surface area contributed by atoms with Gasteiger partial charge in [-0.3, -0.25) is 14.2 Å². The Kier molecular flexibility index (Phi) is 4.11. The van der Waals surface area contributed by atoms with Gasteiger partial charge in [0.25, 0.3) is 5.56 Å². The molecule has 0 radical (unpaired) electrons. The number of benzene rings is 1. The zero-order chi connectivity index (χ0) is 13.8. The summed E-state index contributed by atoms with van der Waals surface area (Å²) < 4.78 is 2.14. The molecule has 1 aromatic heterocycles. The van der Waals surface area contributed by atoms with Gasteiger partial charge in [-0.2, -0.15) is 0 Å². The average molecular weight is 322 g/mol. The number of rotatable bonds is 4. The maximum absolute atomic E-state index is 12.2. The Hall–Kier alpha value is -1.95. The van der Waals surface area contributed by atoms with Crippen molar-refractivity contribution in [1.82, 2.24) is 14.9 Å². The molecule has 98 valence electrons. The van der Waals surface area contributed by atoms with Gasteiger partial charge >= 0.3 is 0 Å². The summed E-state index contributed by atoms with van der Waals surface area (Å²) in [6.07, 6.45) is 2.96. The van der Waals surface area contributed by atoms with E-state index in [4.69, 9.17) is 0 Å². The third kappa shape index (κ3) is 3.08. The van der Waals surface area contributed by atoms with E-state index in [1.165, 1.54) is 10.9 Å². The van der Waals surface area contributed by atoms with Gasteiger partial charge in [-0.15, -0.1) is 6.58 Å². The molecular weight excluding hydrogens is 310 g/mol. The van der Waals surface area contributed by atoms with E-state index in [-0.39, 0.29) is 18.0 Å². The second-order valence-corrected chi connectivity index (χ2v) is 4.85. The first kappa shape index (κ1) is 13.5. The zero-order valence-corrected chi connectivity index (χ0v) is 11.7. The quantitative estimate of drug-likeness (QED) is 0.867. The van der Waals surface area contributed by atoms with Crippen LogP contribution in [0.4, 0.5) is 0 Å². The maximum atomic E-state index is 12.2. The van der Waals surface area contributed by atoms with Crippen molar-refractivity contribution in [2.45, 2.75) is 6.54 Å². The second kappa shape index (κ2) is 5.79. The van der Waals surface area contributed by atoms with E-state index in [0.29, 0.717) is 17.4 Å². The highest BCUT2D eigenvalue weighted by Crippen LogP contribution is 2.14. The molecule has 1 amide bonds. The van der Waals surface area contributed by atoms with Crippen LogP contribution in [0.2, 0.25) is 0 Å². The van der Waals surface area contributed by atoms with Gasteiger partial charge < -0.3 is 5.32 Å². The number of nitrogens with one attached hydrogen (secondary N) is 1. The second-order valence-electron chi connectivity index (χ2n) is 3.93. The molecule has 0 atom stereocenters. The Morgan fingerprint density at radius 1 is 1.53 bits per heavy atom. The maximum Gasteiger partial charge on any atom is 0.261 e. The smallest absolute Gasteiger partial charge is 0.261 e. The van der Waals surface area contributed by atoms with Gasteiger partial charge in [0.15, 0.2) is 0 Å². The summed E-state index contributed by atoms with van der Waals surface area (Å²) in [4.78, 5) is 27.9. The fourth-order valence-electron chi connectivity index (χ4n) is 1.64. The molecule has 1 heterocycles. The zero-order valence-electron chi connectivity index (χ0n) is 10.1. The van der Waals surface area contributed by atoms with Crippen LogP contribution in [-0.4, -0.2) is 22.0 Å². The number of carbonyl (C=O) groups is 1. The van der Waals surface area contributed by atoms with Crippen LogP contribution in [0.15, 0.2) is 46.4 Å². The average Bonchev–Trinajstić information content (AvgIpc) is 2.39. The molecule has 0 fully saturated rings. The van der Waals surface area contributed by atoms with Crippen molar-refractivity contribution in [2.75, 3.05) is 6.54 Å². The van der Waals surface area contributed by atoms with E-state index in [0.717, 1.165) is 4.47 Å². The fraction of sp³-hybridized carbons (Fsp3) is 0.154. The molecule has 0 saturated carbocycles. The van der Waals surface area contributed by atoms with Gasteiger partial charge in [0.1, 0.15) is 6.54 Å². The molecule has 1 N–H and O–H groups in total. The lowest BCUT2D eigenvalue weighted by Gasteiger charge is -2.06. The van der Waals surface area contributed by atoms with Crippen molar-refractivity contribution < 1.29 is 4.79 Å². The summed E-state index contributed by atoms with van der Waals surface area (Å²) in [6.45, 7) is 3.83. The van der Waals surface area contributed by atoms with Crippen LogP contribution in [0.3, 0.4) is 0 Å². The summed E-state index contributed by atoms with van der Waals surface area (Å²) in [5, 5.41) is 3.10. The van der Waals surface area contributed by atoms with Crippen molar-refractivity contribution in [2.24, 2.45) is 0 Å². The van der Waals surface area contributed by atoms with Gasteiger partial charge in [0.2, 0.25) is 5.91 Å². The van der Waals surface area contributed by atoms with Crippen molar-refractivity contribution in [1.29, 1.82) is 0 Å². The Morgan fingerprint density at radius 2 is 2.32 bits per heavy atom. The minimum atomic E-state index is -0.250. The highest BCUT2D eigenvalue weighted by Gasteiger charge is 2.07. The standard InChI is InChI=1S/C13H12BrN3O2/c1-2-5-15-12(18)7-17-8-16-11-6-9(14)3-4-10(11)13(17)19/h2-4,6,8H,1,5,7H2,(H,15,18). The topological polar surface area (TPSA) is 64.0 Å². The van der Waals surface area contributed by atoms with Crippen LogP contribution in [0.5, 0.6) is 0 Å². The third-order valence-electron chi connectivity index (χ3n) is 2.54. The summed E-state index contributed by atoms with van der Waals surface area (Å²) in [5.41, 5.74) is 0.369. The number of aromatic nitrogens is 2. The predicted molar refractivity (Wildman–Crippen MR) is 76.9 cm³/mol. The summed E-state index contributed by atoms with van der Waals surface area (Å²) >= 11 is 3.32. The molecular formula is C13H12BrN3O2. The van der Waals surface area contributed by atoms with E-state index in [9.17, 15) is 9.59 Å². The largest absolute Gasteiger partial charge is 0.351 e. The number of halogens is 1. The van der Waals surface area contributed by atoms with Crippen LogP contribution in [0.1, 0.15) is 0 Å². The molecule has 0 bridgehead atoms. The van der Waals surface area contributed by atoms with E-state index >= 15 is 0 Å². The summed E-state index contributed by atoms with van der Waals surface area (Å²) in [5.74, 6) is -0.250. The summed E-state index contributed by atoms with van der Waals surface area (Å²) in [6, 6.07) is 5.22. The monoisotopic (exact) mass is 321 g/mol. The van der Waals surface area contributed by atoms with Gasteiger partial charge in [-0.25, -0.2) is 4.98 Å². The lowest BCUT2D eigenvalue weighted by Crippen LogP contribution is -2.32. The van der Waals surface area contributed by atoms with Crippen molar-refractivity contribution >= 4 is 32.7 Å². The number of fused-ring (bicyclic) bond motifs is 1. The SMILES string of the molecule is C=CCNC(=O)Cn1cnc2cc(Br)ccc2c1=O. The molecule has 6 heteroatoms. The molecule has 2 aromatic rings. The van der Waals surface area contributed by atoms with Crippen LogP contribution >= 0.6 is 15.9 Å². The number of carbonyl (C=O) groups excluding carboxylic acids is 1. The number of nitrogens with zero attached hydrogens (tertiary/aromatic N) is 2. The molecule has 1 aromatic carbocycles. The molecule has 0 aliphatic heterocycles. The van der Waals surface area contributed by atoms with Crippen molar-refractivity contribution in [3.05, 3.63) is 52.0 Å². The van der Waals surface area contributed by atoms with E-state index in [1.54, 1.807) is 24.3 Å². The van der Waals surface area contributed by atoms with E-state index in [2.05, 4.69) is 32.8 Å². The normalized spacial score (nSPS) is 10.4. The predicted octanol–water partition coefficient (Wildman–Crippen LogP) is 1.46. The summed E-state index contributed by atoms with van der Waals surface area (Å²) in [7, 11) is 0. The minimum absolute atomic E-state index is 0.0499. The molecule has 0 unspecified atom stereocenters. The Bertz CT molecular complexity index is 694. The van der Waals surface area contributed by atoms with E-state index in [1.807, 2.05) is 0 Å². The first-order valence-electron chi connectivity index (χ1n) is 5.64. The van der Waals surface area contributed by atoms with Crippen LogP contribution in [0.25, 0.3) is 10.9 Å². The lowest BCUT2D eigenvalue weighted by atomic mass is 10.2. The molecule has 0 saturated heterocycles. The van der Waals surface area contributed by atoms with Crippen LogP contribution < -0.4 is 10.9 Å². The van der Waals surface area contributed by atoms with Crippen LogP contribution in [0, 0.1) is 0 Å². The molecule has 5 nitrogen and oxygen atoms in total. The number of hydrogen-bond donors (Lipinski definition) is 1. The van der Waals surface area contributed by atoms with Gasteiger partial charge in [0, 0.05) is 11.0 Å². The van der Waals surface area contributed by atoms with Crippen LogP contribution in [-0.2, 0) is 11.3 Å². The number of amides is 1. The van der Waals surface area contributed by atoms with Gasteiger partial charge in [0.05, 0.1) is 17.2 Å². The van der Waals surface area contributed by atoms with E-state index < -0.39 is 0 Å². The third-order valence-corrected chi connectivity index (χ3v) is 3.04. The molecule has 0 aliphatic rings.